The van der Waals surface area contributed by atoms with E-state index in [1.807, 2.05) is 18.2 Å². The van der Waals surface area contributed by atoms with Crippen LogP contribution in [-0.2, 0) is 11.2 Å². The zero-order valence-corrected chi connectivity index (χ0v) is 15.4. The van der Waals surface area contributed by atoms with E-state index in [-0.39, 0.29) is 17.9 Å². The molecule has 1 atom stereocenters. The lowest BCUT2D eigenvalue weighted by Gasteiger charge is -2.14. The lowest BCUT2D eigenvalue weighted by atomic mass is 10.1. The number of carbonyl (C=O) groups is 1. The molecule has 0 aliphatic heterocycles. The molecule has 1 aromatic heterocycles. The largest absolute Gasteiger partial charge is 0.349 e. The highest BCUT2D eigenvalue weighted by atomic mass is 35.5. The Hall–Kier alpha value is -2.31. The minimum atomic E-state index is -0.685. The molecule has 7 heteroatoms. The van der Waals surface area contributed by atoms with E-state index in [4.69, 9.17) is 11.6 Å². The van der Waals surface area contributed by atoms with E-state index in [1.165, 1.54) is 23.5 Å². The second-order valence-electron chi connectivity index (χ2n) is 5.79. The Labute approximate surface area is 158 Å². The molecule has 0 aliphatic rings. The number of carbonyl (C=O) groups excluding carboxylic acids is 1. The Balaban J connectivity index is 1.65. The molecule has 1 amide bonds. The first kappa shape index (κ1) is 18.5. The van der Waals surface area contributed by atoms with Gasteiger partial charge in [0.25, 0.3) is 0 Å². The van der Waals surface area contributed by atoms with E-state index in [0.29, 0.717) is 10.7 Å². The van der Waals surface area contributed by atoms with Crippen LogP contribution in [0.1, 0.15) is 24.2 Å². The quantitative estimate of drug-likeness (QED) is 0.651. The van der Waals surface area contributed by atoms with Crippen molar-refractivity contribution in [2.75, 3.05) is 0 Å². The summed E-state index contributed by atoms with van der Waals surface area (Å²) in [5.74, 6) is -1.63. The van der Waals surface area contributed by atoms with E-state index in [1.54, 1.807) is 18.4 Å². The summed E-state index contributed by atoms with van der Waals surface area (Å²) in [6.07, 6.45) is 0.0736. The van der Waals surface area contributed by atoms with Gasteiger partial charge in [0.15, 0.2) is 0 Å². The third-order valence-electron chi connectivity index (χ3n) is 3.77. The first-order valence-electron chi connectivity index (χ1n) is 7.87. The topological polar surface area (TPSA) is 42.0 Å². The number of hydrogen-bond acceptors (Lipinski definition) is 3. The lowest BCUT2D eigenvalue weighted by molar-refractivity contribution is -0.121. The van der Waals surface area contributed by atoms with E-state index >= 15 is 0 Å². The number of thiazole rings is 1. The van der Waals surface area contributed by atoms with Crippen molar-refractivity contribution in [2.24, 2.45) is 0 Å². The molecule has 0 radical (unpaired) electrons. The predicted molar refractivity (Wildman–Crippen MR) is 99.2 cm³/mol. The molecule has 1 N–H and O–H groups in total. The van der Waals surface area contributed by atoms with Gasteiger partial charge in [0.05, 0.1) is 18.2 Å². The third kappa shape index (κ3) is 4.45. The smallest absolute Gasteiger partial charge is 0.226 e. The number of halogens is 3. The van der Waals surface area contributed by atoms with Gasteiger partial charge in [-0.15, -0.1) is 11.3 Å². The van der Waals surface area contributed by atoms with E-state index in [0.717, 1.165) is 16.6 Å². The molecule has 0 aliphatic carbocycles. The molecule has 3 nitrogen and oxygen atoms in total. The highest BCUT2D eigenvalue weighted by Gasteiger charge is 2.16. The molecule has 26 heavy (non-hydrogen) atoms. The first-order chi connectivity index (χ1) is 12.4. The number of hydrogen-bond donors (Lipinski definition) is 1. The first-order valence-corrected chi connectivity index (χ1v) is 9.13. The second kappa shape index (κ2) is 7.93. The predicted octanol–water partition coefficient (Wildman–Crippen LogP) is 5.16. The Morgan fingerprint density at radius 1 is 1.27 bits per heavy atom. The van der Waals surface area contributed by atoms with Crippen molar-refractivity contribution in [2.45, 2.75) is 19.4 Å². The van der Waals surface area contributed by atoms with Crippen LogP contribution in [0.5, 0.6) is 0 Å². The summed E-state index contributed by atoms with van der Waals surface area (Å²) in [6, 6.07) is 10.0. The number of nitrogens with one attached hydrogen (secondary N) is 1. The van der Waals surface area contributed by atoms with Gasteiger partial charge < -0.3 is 5.32 Å². The van der Waals surface area contributed by atoms with Crippen molar-refractivity contribution >= 4 is 28.8 Å². The van der Waals surface area contributed by atoms with E-state index in [2.05, 4.69) is 10.3 Å². The molecule has 3 aromatic rings. The Bertz CT molecular complexity index is 945. The molecule has 0 bridgehead atoms. The Kier molecular flexibility index (Phi) is 5.64. The maximum absolute atomic E-state index is 13.8. The molecule has 0 fully saturated rings. The zero-order valence-electron chi connectivity index (χ0n) is 13.8. The fraction of sp³-hybridized carbons (Fsp3) is 0.158. The lowest BCUT2D eigenvalue weighted by Crippen LogP contribution is -2.28. The molecule has 2 aromatic carbocycles. The molecular weight excluding hydrogens is 378 g/mol. The van der Waals surface area contributed by atoms with Gasteiger partial charge in [-0.05, 0) is 25.1 Å². The highest BCUT2D eigenvalue weighted by Crippen LogP contribution is 2.26. The summed E-state index contributed by atoms with van der Waals surface area (Å²) in [5.41, 5.74) is 1.74. The standard InChI is InChI=1S/C19H15ClF2N2OS/c1-11(16-6-5-14(21)8-17(16)22)23-18(25)9-15-10-26-19(24-15)12-3-2-4-13(20)7-12/h2-8,10-11H,9H2,1H3,(H,23,25)/t11-/m0/s1. The number of benzene rings is 2. The zero-order chi connectivity index (χ0) is 18.7. The Morgan fingerprint density at radius 3 is 2.81 bits per heavy atom. The van der Waals surface area contributed by atoms with Gasteiger partial charge >= 0.3 is 0 Å². The van der Waals surface area contributed by atoms with Crippen molar-refractivity contribution in [1.82, 2.24) is 10.3 Å². The van der Waals surface area contributed by atoms with E-state index < -0.39 is 17.7 Å². The summed E-state index contributed by atoms with van der Waals surface area (Å²) < 4.78 is 26.8. The maximum atomic E-state index is 13.8. The maximum Gasteiger partial charge on any atom is 0.226 e. The van der Waals surface area contributed by atoms with Crippen molar-refractivity contribution in [3.8, 4) is 10.6 Å². The summed E-state index contributed by atoms with van der Waals surface area (Å²) in [6.45, 7) is 1.65. The number of amides is 1. The summed E-state index contributed by atoms with van der Waals surface area (Å²) >= 11 is 7.40. The fourth-order valence-electron chi connectivity index (χ4n) is 2.53. The van der Waals surface area contributed by atoms with E-state index in [9.17, 15) is 13.6 Å². The Morgan fingerprint density at radius 2 is 2.08 bits per heavy atom. The van der Waals surface area contributed by atoms with Gasteiger partial charge in [-0.25, -0.2) is 13.8 Å². The molecule has 0 spiro atoms. The fourth-order valence-corrected chi connectivity index (χ4v) is 3.54. The van der Waals surface area contributed by atoms with Crippen LogP contribution in [0.2, 0.25) is 5.02 Å². The van der Waals surface area contributed by atoms with Gasteiger partial charge in [0.2, 0.25) is 5.91 Å². The van der Waals surface area contributed by atoms with Gasteiger partial charge in [-0.1, -0.05) is 29.8 Å². The number of nitrogens with zero attached hydrogens (tertiary/aromatic N) is 1. The summed E-state index contributed by atoms with van der Waals surface area (Å²) in [4.78, 5) is 16.7. The van der Waals surface area contributed by atoms with Crippen molar-refractivity contribution < 1.29 is 13.6 Å². The van der Waals surface area contributed by atoms with Gasteiger partial charge in [0, 0.05) is 27.6 Å². The van der Waals surface area contributed by atoms with Crippen molar-refractivity contribution in [1.29, 1.82) is 0 Å². The molecule has 0 unspecified atom stereocenters. The van der Waals surface area contributed by atoms with Crippen LogP contribution in [0, 0.1) is 11.6 Å². The average molecular weight is 393 g/mol. The minimum absolute atomic E-state index is 0.0736. The molecule has 0 saturated heterocycles. The molecule has 3 rings (SSSR count). The summed E-state index contributed by atoms with van der Waals surface area (Å²) in [7, 11) is 0. The number of aromatic nitrogens is 1. The summed E-state index contributed by atoms with van der Waals surface area (Å²) in [5, 5.41) is 5.90. The average Bonchev–Trinajstić information content (AvgIpc) is 3.03. The van der Waals surface area contributed by atoms with Crippen LogP contribution in [0.4, 0.5) is 8.78 Å². The molecular formula is C19H15ClF2N2OS. The van der Waals surface area contributed by atoms with Gasteiger partial charge in [-0.2, -0.15) is 0 Å². The van der Waals surface area contributed by atoms with Crippen LogP contribution in [0.3, 0.4) is 0 Å². The van der Waals surface area contributed by atoms with Gasteiger partial charge in [-0.3, -0.25) is 4.79 Å². The van der Waals surface area contributed by atoms with Crippen LogP contribution < -0.4 is 5.32 Å². The van der Waals surface area contributed by atoms with Gasteiger partial charge in [0.1, 0.15) is 16.6 Å². The molecule has 134 valence electrons. The monoisotopic (exact) mass is 392 g/mol. The van der Waals surface area contributed by atoms with Crippen molar-refractivity contribution in [3.63, 3.8) is 0 Å². The van der Waals surface area contributed by atoms with Crippen molar-refractivity contribution in [3.05, 3.63) is 75.8 Å². The van der Waals surface area contributed by atoms with Crippen LogP contribution in [-0.4, -0.2) is 10.9 Å². The SMILES string of the molecule is C[C@H](NC(=O)Cc1csc(-c2cccc(Cl)c2)n1)c1ccc(F)cc1F. The third-order valence-corrected chi connectivity index (χ3v) is 4.95. The highest BCUT2D eigenvalue weighted by molar-refractivity contribution is 7.13. The minimum Gasteiger partial charge on any atom is -0.349 e. The van der Waals surface area contributed by atoms with Crippen LogP contribution in [0.15, 0.2) is 47.8 Å². The molecule has 0 saturated carbocycles. The normalized spacial score (nSPS) is 12.0. The second-order valence-corrected chi connectivity index (χ2v) is 7.08. The van der Waals surface area contributed by atoms with Crippen LogP contribution in [0.25, 0.3) is 10.6 Å². The molecule has 1 heterocycles. The number of rotatable bonds is 5. The van der Waals surface area contributed by atoms with Crippen LogP contribution >= 0.6 is 22.9 Å².